The van der Waals surface area contributed by atoms with Crippen LogP contribution in [0.1, 0.15) is 10.4 Å². The van der Waals surface area contributed by atoms with Gasteiger partial charge in [-0.05, 0) is 17.7 Å². The van der Waals surface area contributed by atoms with E-state index >= 15 is 0 Å². The standard InChI is InChI=1S/C7H4Cl2O2.Ni/c8-5-2-1-4(7(10)11)3-6(5)9;/h1-3H,(H,10,11);/q;+2/p-1. The van der Waals surface area contributed by atoms with Crippen molar-refractivity contribution in [1.82, 2.24) is 0 Å². The number of halogens is 2. The number of rotatable bonds is 1. The van der Waals surface area contributed by atoms with Crippen molar-refractivity contribution in [2.75, 3.05) is 0 Å². The summed E-state index contributed by atoms with van der Waals surface area (Å²) in [6.45, 7) is 0. The SMILES string of the molecule is O=C([O-])c1ccc(Cl)c(Cl)c1.[Ni+2]. The number of hydrogen-bond donors (Lipinski definition) is 0. The van der Waals surface area contributed by atoms with Gasteiger partial charge >= 0.3 is 16.5 Å². The third-order valence-corrected chi connectivity index (χ3v) is 1.89. The molecule has 1 aromatic rings. The molecule has 0 N–H and O–H groups in total. The van der Waals surface area contributed by atoms with Crippen molar-refractivity contribution in [3.05, 3.63) is 33.8 Å². The first-order chi connectivity index (χ1) is 5.11. The molecule has 12 heavy (non-hydrogen) atoms. The summed E-state index contributed by atoms with van der Waals surface area (Å²) in [5.74, 6) is -1.26. The Labute approximate surface area is 89.4 Å². The Hall–Kier alpha value is -0.236. The van der Waals surface area contributed by atoms with E-state index in [-0.39, 0.29) is 27.1 Å². The summed E-state index contributed by atoms with van der Waals surface area (Å²) in [6, 6.07) is 4.00. The van der Waals surface area contributed by atoms with E-state index < -0.39 is 5.97 Å². The molecule has 66 valence electrons. The predicted octanol–water partition coefficient (Wildman–Crippen LogP) is 1.35. The Morgan fingerprint density at radius 1 is 1.25 bits per heavy atom. The quantitative estimate of drug-likeness (QED) is 0.704. The van der Waals surface area contributed by atoms with Gasteiger partial charge in [0.1, 0.15) is 0 Å². The fourth-order valence-electron chi connectivity index (χ4n) is 0.623. The van der Waals surface area contributed by atoms with Gasteiger partial charge in [0.2, 0.25) is 0 Å². The molecule has 0 heterocycles. The molecule has 1 aromatic carbocycles. The topological polar surface area (TPSA) is 40.1 Å². The Kier molecular flexibility index (Phi) is 4.61. The van der Waals surface area contributed by atoms with Crippen molar-refractivity contribution < 1.29 is 26.4 Å². The average molecular weight is 249 g/mol. The van der Waals surface area contributed by atoms with Gasteiger partial charge in [-0.25, -0.2) is 0 Å². The van der Waals surface area contributed by atoms with Crippen molar-refractivity contribution in [2.45, 2.75) is 0 Å². The number of hydrogen-bond acceptors (Lipinski definition) is 2. The van der Waals surface area contributed by atoms with E-state index in [4.69, 9.17) is 23.2 Å². The maximum absolute atomic E-state index is 10.3. The minimum atomic E-state index is -1.26. The second-order valence-electron chi connectivity index (χ2n) is 1.92. The van der Waals surface area contributed by atoms with E-state index in [1.54, 1.807) is 0 Å². The minimum absolute atomic E-state index is 0. The maximum Gasteiger partial charge on any atom is 2.00 e. The number of carboxylic acids is 1. The van der Waals surface area contributed by atoms with Gasteiger partial charge < -0.3 is 9.90 Å². The molecule has 0 unspecified atom stereocenters. The number of carboxylic acid groups (broad SMARTS) is 1. The van der Waals surface area contributed by atoms with Crippen molar-refractivity contribution in [1.29, 1.82) is 0 Å². The largest absolute Gasteiger partial charge is 2.00 e. The summed E-state index contributed by atoms with van der Waals surface area (Å²) in [5, 5.41) is 10.8. The van der Waals surface area contributed by atoms with Crippen LogP contribution >= 0.6 is 23.2 Å². The zero-order chi connectivity index (χ0) is 8.43. The number of carbonyl (C=O) groups is 1. The molecule has 0 aromatic heterocycles. The number of aromatic carboxylic acids is 1. The van der Waals surface area contributed by atoms with Crippen LogP contribution in [0.3, 0.4) is 0 Å². The first-order valence-electron chi connectivity index (χ1n) is 2.77. The van der Waals surface area contributed by atoms with Crippen LogP contribution in [0.4, 0.5) is 0 Å². The second-order valence-corrected chi connectivity index (χ2v) is 2.73. The zero-order valence-electron chi connectivity index (χ0n) is 5.62. The molecule has 0 amide bonds. The van der Waals surface area contributed by atoms with Crippen LogP contribution < -0.4 is 5.11 Å². The Morgan fingerprint density at radius 2 is 1.83 bits per heavy atom. The third-order valence-electron chi connectivity index (χ3n) is 1.16. The van der Waals surface area contributed by atoms with Crippen molar-refractivity contribution in [3.63, 3.8) is 0 Å². The molecule has 0 aliphatic rings. The van der Waals surface area contributed by atoms with Crippen LogP contribution in [0.15, 0.2) is 18.2 Å². The molecule has 0 saturated carbocycles. The van der Waals surface area contributed by atoms with Gasteiger partial charge in [0.25, 0.3) is 0 Å². The predicted molar refractivity (Wildman–Crippen MR) is 40.8 cm³/mol. The van der Waals surface area contributed by atoms with Crippen LogP contribution in [0.5, 0.6) is 0 Å². The van der Waals surface area contributed by atoms with Crippen LogP contribution in [0.25, 0.3) is 0 Å². The van der Waals surface area contributed by atoms with Gasteiger partial charge in [-0.1, -0.05) is 29.3 Å². The molecule has 2 nitrogen and oxygen atoms in total. The van der Waals surface area contributed by atoms with Gasteiger partial charge in [0, 0.05) is 0 Å². The summed E-state index contributed by atoms with van der Waals surface area (Å²) in [5.41, 5.74) is 0.0272. The van der Waals surface area contributed by atoms with E-state index in [0.29, 0.717) is 5.02 Å². The zero-order valence-corrected chi connectivity index (χ0v) is 8.12. The monoisotopic (exact) mass is 247 g/mol. The van der Waals surface area contributed by atoms with E-state index in [1.165, 1.54) is 18.2 Å². The normalized spacial score (nSPS) is 8.83. The Balaban J connectivity index is 0.00000121. The minimum Gasteiger partial charge on any atom is -0.545 e. The first-order valence-corrected chi connectivity index (χ1v) is 3.53. The van der Waals surface area contributed by atoms with Gasteiger partial charge in [0.05, 0.1) is 16.0 Å². The molecule has 0 atom stereocenters. The van der Waals surface area contributed by atoms with Gasteiger partial charge in [-0.15, -0.1) is 0 Å². The van der Waals surface area contributed by atoms with Gasteiger partial charge in [0.15, 0.2) is 0 Å². The van der Waals surface area contributed by atoms with Crippen LogP contribution in [0.2, 0.25) is 10.0 Å². The summed E-state index contributed by atoms with van der Waals surface area (Å²) in [7, 11) is 0. The summed E-state index contributed by atoms with van der Waals surface area (Å²) >= 11 is 11.1. The summed E-state index contributed by atoms with van der Waals surface area (Å²) < 4.78 is 0. The fraction of sp³-hybridized carbons (Fsp3) is 0. The number of carbonyl (C=O) groups excluding carboxylic acids is 1. The van der Waals surface area contributed by atoms with Crippen molar-refractivity contribution >= 4 is 29.2 Å². The second kappa shape index (κ2) is 4.71. The van der Waals surface area contributed by atoms with E-state index in [9.17, 15) is 9.90 Å². The molecule has 1 rings (SSSR count). The third kappa shape index (κ3) is 2.67. The Bertz CT molecular complexity index is 301. The maximum atomic E-state index is 10.3. The summed E-state index contributed by atoms with van der Waals surface area (Å²) in [6.07, 6.45) is 0. The van der Waals surface area contributed by atoms with E-state index in [0.717, 1.165) is 0 Å². The van der Waals surface area contributed by atoms with E-state index in [1.807, 2.05) is 0 Å². The smallest absolute Gasteiger partial charge is 0.545 e. The molecule has 0 spiro atoms. The van der Waals surface area contributed by atoms with E-state index in [2.05, 4.69) is 0 Å². The molecule has 5 heteroatoms. The molecular formula is C7H3Cl2NiO2+. The van der Waals surface area contributed by atoms with Gasteiger partial charge in [-0.3, -0.25) is 0 Å². The fourth-order valence-corrected chi connectivity index (χ4v) is 0.921. The number of benzene rings is 1. The van der Waals surface area contributed by atoms with Crippen molar-refractivity contribution in [3.8, 4) is 0 Å². The molecule has 0 bridgehead atoms. The Morgan fingerprint density at radius 3 is 2.25 bits per heavy atom. The molecule has 0 aliphatic carbocycles. The first kappa shape index (κ1) is 11.8. The van der Waals surface area contributed by atoms with Crippen LogP contribution in [-0.2, 0) is 16.5 Å². The van der Waals surface area contributed by atoms with Gasteiger partial charge in [-0.2, -0.15) is 0 Å². The van der Waals surface area contributed by atoms with Crippen molar-refractivity contribution in [2.24, 2.45) is 0 Å². The molecular weight excluding hydrogens is 246 g/mol. The average Bonchev–Trinajstić information content (AvgIpc) is 1.94. The molecule has 0 aliphatic heterocycles. The van der Waals surface area contributed by atoms with Crippen LogP contribution in [-0.4, -0.2) is 5.97 Å². The summed E-state index contributed by atoms with van der Waals surface area (Å²) in [4.78, 5) is 10.3. The van der Waals surface area contributed by atoms with Crippen LogP contribution in [0, 0.1) is 0 Å². The molecule has 0 radical (unpaired) electrons. The molecule has 0 saturated heterocycles. The molecule has 0 fully saturated rings.